The molecule has 0 heterocycles. The first-order valence-electron chi connectivity index (χ1n) is 7.28. The van der Waals surface area contributed by atoms with Crippen molar-refractivity contribution in [3.8, 4) is 5.75 Å². The lowest BCUT2D eigenvalue weighted by molar-refractivity contribution is 0.103. The van der Waals surface area contributed by atoms with E-state index in [1.54, 1.807) is 54.6 Å². The Morgan fingerprint density at radius 1 is 1.12 bits per heavy atom. The number of carbonyl (C=O) groups is 1. The zero-order valence-corrected chi connectivity index (χ0v) is 14.6. The van der Waals surface area contributed by atoms with Crippen LogP contribution in [0.1, 0.15) is 22.8 Å². The van der Waals surface area contributed by atoms with Gasteiger partial charge >= 0.3 is 0 Å². The minimum Gasteiger partial charge on any atom is -0.457 e. The van der Waals surface area contributed by atoms with Gasteiger partial charge in [-0.3, -0.25) is 4.79 Å². The molecule has 0 spiro atoms. The second-order valence-electron chi connectivity index (χ2n) is 4.88. The molecule has 0 amide bonds. The molecule has 4 heteroatoms. The van der Waals surface area contributed by atoms with Crippen LogP contribution >= 0.6 is 23.2 Å². The second-order valence-corrected chi connectivity index (χ2v) is 5.73. The molecule has 122 valence electrons. The number of ketones is 1. The molecule has 2 nitrogen and oxygen atoms in total. The molecule has 2 aromatic carbocycles. The molecule has 0 bridgehead atoms. The topological polar surface area (TPSA) is 26.3 Å². The summed E-state index contributed by atoms with van der Waals surface area (Å²) in [5.41, 5.74) is 0.880. The Labute approximate surface area is 151 Å². The number of rotatable bonds is 6. The molecule has 24 heavy (non-hydrogen) atoms. The van der Waals surface area contributed by atoms with Crippen LogP contribution in [-0.4, -0.2) is 5.78 Å². The van der Waals surface area contributed by atoms with E-state index in [1.165, 1.54) is 0 Å². The highest BCUT2D eigenvalue weighted by Gasteiger charge is 2.13. The average molecular weight is 359 g/mol. The van der Waals surface area contributed by atoms with Crippen LogP contribution in [0.25, 0.3) is 0 Å². The van der Waals surface area contributed by atoms with Crippen molar-refractivity contribution in [2.75, 3.05) is 0 Å². The summed E-state index contributed by atoms with van der Waals surface area (Å²) < 4.78 is 5.72. The summed E-state index contributed by atoms with van der Waals surface area (Å²) in [5, 5.41) is 0.835. The third kappa shape index (κ3) is 4.60. The number of hydrogen-bond acceptors (Lipinski definition) is 2. The lowest BCUT2D eigenvalue weighted by Crippen LogP contribution is -2.02. The summed E-state index contributed by atoms with van der Waals surface area (Å²) in [6, 6.07) is 11.7. The number of ether oxygens (including phenoxy) is 1. The highest BCUT2D eigenvalue weighted by atomic mass is 35.5. The Morgan fingerprint density at radius 3 is 2.46 bits per heavy atom. The van der Waals surface area contributed by atoms with Gasteiger partial charge in [-0.2, -0.15) is 0 Å². The maximum absolute atomic E-state index is 12.5. The zero-order chi connectivity index (χ0) is 17.5. The summed E-state index contributed by atoms with van der Waals surface area (Å²) in [7, 11) is 0. The van der Waals surface area contributed by atoms with Crippen molar-refractivity contribution in [2.45, 2.75) is 6.92 Å². The molecule has 2 rings (SSSR count). The minimum atomic E-state index is -0.190. The molecule has 0 aliphatic rings. The SMILES string of the molecule is C=C/C=C(\C=C/C)Oc1ccc(C(=O)c2cc(Cl)ccc2Cl)cc1. The van der Waals surface area contributed by atoms with Crippen molar-refractivity contribution in [2.24, 2.45) is 0 Å². The van der Waals surface area contributed by atoms with E-state index in [9.17, 15) is 4.79 Å². The van der Waals surface area contributed by atoms with Crippen molar-refractivity contribution in [1.82, 2.24) is 0 Å². The van der Waals surface area contributed by atoms with Crippen molar-refractivity contribution >= 4 is 29.0 Å². The van der Waals surface area contributed by atoms with Crippen molar-refractivity contribution < 1.29 is 9.53 Å². The normalized spacial score (nSPS) is 11.5. The molecule has 0 saturated carbocycles. The van der Waals surface area contributed by atoms with Gasteiger partial charge in [0.15, 0.2) is 5.78 Å². The van der Waals surface area contributed by atoms with E-state index in [2.05, 4.69) is 6.58 Å². The number of hydrogen-bond donors (Lipinski definition) is 0. The summed E-state index contributed by atoms with van der Waals surface area (Å²) >= 11 is 12.0. The molecule has 0 aliphatic heterocycles. The molecule has 0 aromatic heterocycles. The Morgan fingerprint density at radius 2 is 1.83 bits per heavy atom. The minimum absolute atomic E-state index is 0.190. The van der Waals surface area contributed by atoms with Crippen molar-refractivity contribution in [3.05, 3.63) is 100 Å². The fourth-order valence-corrected chi connectivity index (χ4v) is 2.42. The van der Waals surface area contributed by atoms with Crippen LogP contribution in [0.5, 0.6) is 5.75 Å². The van der Waals surface area contributed by atoms with Crippen LogP contribution in [0.4, 0.5) is 0 Å². The van der Waals surface area contributed by atoms with Crippen LogP contribution in [0.15, 0.2) is 79.1 Å². The maximum atomic E-state index is 12.5. The van der Waals surface area contributed by atoms with E-state index < -0.39 is 0 Å². The van der Waals surface area contributed by atoms with E-state index in [1.807, 2.05) is 19.1 Å². The van der Waals surface area contributed by atoms with Gasteiger partial charge in [0, 0.05) is 16.1 Å². The highest BCUT2D eigenvalue weighted by molar-refractivity contribution is 6.36. The lowest BCUT2D eigenvalue weighted by atomic mass is 10.0. The van der Waals surface area contributed by atoms with Crippen LogP contribution in [-0.2, 0) is 0 Å². The fraction of sp³-hybridized carbons (Fsp3) is 0.0500. The quantitative estimate of drug-likeness (QED) is 0.346. The first-order valence-corrected chi connectivity index (χ1v) is 8.04. The van der Waals surface area contributed by atoms with Crippen LogP contribution in [0, 0.1) is 0 Å². The maximum Gasteiger partial charge on any atom is 0.194 e. The Hall–Kier alpha value is -2.29. The van der Waals surface area contributed by atoms with Gasteiger partial charge in [-0.25, -0.2) is 0 Å². The van der Waals surface area contributed by atoms with Crippen LogP contribution in [0.3, 0.4) is 0 Å². The zero-order valence-electron chi connectivity index (χ0n) is 13.1. The molecular weight excluding hydrogens is 343 g/mol. The molecule has 2 aromatic rings. The smallest absolute Gasteiger partial charge is 0.194 e. The van der Waals surface area contributed by atoms with Crippen molar-refractivity contribution in [3.63, 3.8) is 0 Å². The monoisotopic (exact) mass is 358 g/mol. The van der Waals surface area contributed by atoms with Gasteiger partial charge in [-0.1, -0.05) is 41.9 Å². The summed E-state index contributed by atoms with van der Waals surface area (Å²) in [6.45, 7) is 5.55. The molecular formula is C20H16Cl2O2. The Balaban J connectivity index is 2.22. The summed E-state index contributed by atoms with van der Waals surface area (Å²) in [4.78, 5) is 12.5. The van der Waals surface area contributed by atoms with E-state index in [4.69, 9.17) is 27.9 Å². The van der Waals surface area contributed by atoms with E-state index in [0.717, 1.165) is 0 Å². The molecule has 0 saturated heterocycles. The van der Waals surface area contributed by atoms with Crippen LogP contribution < -0.4 is 4.74 Å². The standard InChI is InChI=1S/C20H16Cl2O2/c1-3-5-16(6-4-2)24-17-10-7-14(8-11-17)20(23)18-13-15(21)9-12-19(18)22/h3-13H,1H2,2H3/b6-4-,16-5+. The third-order valence-corrected chi connectivity index (χ3v) is 3.70. The predicted molar refractivity (Wildman–Crippen MR) is 100 cm³/mol. The van der Waals surface area contributed by atoms with Gasteiger partial charge in [-0.05, 0) is 61.5 Å². The third-order valence-electron chi connectivity index (χ3n) is 3.14. The highest BCUT2D eigenvalue weighted by Crippen LogP contribution is 2.24. The van der Waals surface area contributed by atoms with Gasteiger partial charge in [-0.15, -0.1) is 0 Å². The lowest BCUT2D eigenvalue weighted by Gasteiger charge is -2.08. The first-order chi connectivity index (χ1) is 11.5. The fourth-order valence-electron chi connectivity index (χ4n) is 2.04. The van der Waals surface area contributed by atoms with Gasteiger partial charge in [0.2, 0.25) is 0 Å². The summed E-state index contributed by atoms with van der Waals surface area (Å²) in [5.74, 6) is 1.09. The number of benzene rings is 2. The van der Waals surface area contributed by atoms with Gasteiger partial charge < -0.3 is 4.74 Å². The Kier molecular flexibility index (Phi) is 6.42. The molecule has 0 fully saturated rings. The van der Waals surface area contributed by atoms with Gasteiger partial charge in [0.25, 0.3) is 0 Å². The molecule has 0 atom stereocenters. The summed E-state index contributed by atoms with van der Waals surface area (Å²) in [6.07, 6.45) is 7.10. The van der Waals surface area contributed by atoms with Gasteiger partial charge in [0.1, 0.15) is 11.5 Å². The molecule has 0 aliphatic carbocycles. The van der Waals surface area contributed by atoms with E-state index in [0.29, 0.717) is 32.7 Å². The number of halogens is 2. The van der Waals surface area contributed by atoms with E-state index in [-0.39, 0.29) is 5.78 Å². The molecule has 0 unspecified atom stereocenters. The molecule has 0 radical (unpaired) electrons. The van der Waals surface area contributed by atoms with Crippen LogP contribution in [0.2, 0.25) is 10.0 Å². The largest absolute Gasteiger partial charge is 0.457 e. The van der Waals surface area contributed by atoms with Gasteiger partial charge in [0.05, 0.1) is 5.02 Å². The number of carbonyl (C=O) groups excluding carboxylic acids is 1. The molecule has 0 N–H and O–H groups in total. The first kappa shape index (κ1) is 18.1. The predicted octanol–water partition coefficient (Wildman–Crippen LogP) is 6.25. The Bertz CT molecular complexity index is 803. The van der Waals surface area contributed by atoms with E-state index >= 15 is 0 Å². The van der Waals surface area contributed by atoms with Crippen molar-refractivity contribution in [1.29, 1.82) is 0 Å². The second kappa shape index (κ2) is 8.53. The number of allylic oxidation sites excluding steroid dienone is 4. The average Bonchev–Trinajstić information content (AvgIpc) is 2.57.